The van der Waals surface area contributed by atoms with E-state index >= 15 is 0 Å². The molecule has 2 aromatic carbocycles. The Morgan fingerprint density at radius 1 is 0.923 bits per heavy atom. The number of likely N-dealkylation sites (tertiary alicyclic amines) is 1. The highest BCUT2D eigenvalue weighted by Crippen LogP contribution is 2.35. The molecule has 0 spiro atoms. The molecular formula is C21H20N2OS2. The molecule has 1 saturated heterocycles. The number of hydrogen-bond acceptors (Lipinski definition) is 5. The van der Waals surface area contributed by atoms with Gasteiger partial charge >= 0.3 is 0 Å². The number of thiophene rings is 1. The lowest BCUT2D eigenvalue weighted by Gasteiger charge is -2.25. The fourth-order valence-electron chi connectivity index (χ4n) is 3.54. The average molecular weight is 381 g/mol. The van der Waals surface area contributed by atoms with E-state index in [9.17, 15) is 0 Å². The molecule has 1 aliphatic rings. The third-order valence-corrected chi connectivity index (χ3v) is 6.85. The normalized spacial score (nSPS) is 15.7. The van der Waals surface area contributed by atoms with Crippen LogP contribution in [0.25, 0.3) is 20.3 Å². The fourth-order valence-corrected chi connectivity index (χ4v) is 5.51. The Morgan fingerprint density at radius 2 is 1.81 bits per heavy atom. The highest BCUT2D eigenvalue weighted by Gasteiger charge is 2.13. The van der Waals surface area contributed by atoms with Gasteiger partial charge in [0.1, 0.15) is 5.75 Å². The lowest BCUT2D eigenvalue weighted by atomic mass is 10.1. The van der Waals surface area contributed by atoms with Crippen molar-refractivity contribution < 1.29 is 4.74 Å². The maximum Gasteiger partial charge on any atom is 0.279 e. The van der Waals surface area contributed by atoms with E-state index in [4.69, 9.17) is 4.74 Å². The number of para-hydroxylation sites is 1. The predicted octanol–water partition coefficient (Wildman–Crippen LogP) is 6.29. The molecule has 0 amide bonds. The zero-order chi connectivity index (χ0) is 17.3. The lowest BCUT2D eigenvalue weighted by molar-refractivity contribution is 0.223. The van der Waals surface area contributed by atoms with E-state index in [1.807, 2.05) is 35.6 Å². The first-order chi connectivity index (χ1) is 12.8. The summed E-state index contributed by atoms with van der Waals surface area (Å²) in [7, 11) is 0. The summed E-state index contributed by atoms with van der Waals surface area (Å²) in [4.78, 5) is 8.58. The van der Waals surface area contributed by atoms with Crippen molar-refractivity contribution >= 4 is 43.0 Å². The lowest BCUT2D eigenvalue weighted by Crippen LogP contribution is -2.28. The molecule has 0 atom stereocenters. The van der Waals surface area contributed by atoms with Gasteiger partial charge in [-0.3, -0.25) is 4.90 Å². The number of hydrogen-bond donors (Lipinski definition) is 0. The van der Waals surface area contributed by atoms with Crippen LogP contribution in [0.1, 0.15) is 24.1 Å². The first-order valence-corrected chi connectivity index (χ1v) is 10.7. The second-order valence-corrected chi connectivity index (χ2v) is 8.96. The van der Waals surface area contributed by atoms with Gasteiger partial charge in [0, 0.05) is 16.1 Å². The van der Waals surface area contributed by atoms with E-state index in [1.165, 1.54) is 47.3 Å². The third-order valence-electron chi connectivity index (χ3n) is 4.85. The van der Waals surface area contributed by atoms with E-state index < -0.39 is 0 Å². The van der Waals surface area contributed by atoms with Crippen molar-refractivity contribution in [3.8, 4) is 10.9 Å². The maximum atomic E-state index is 6.03. The number of ether oxygens (including phenoxy) is 1. The summed E-state index contributed by atoms with van der Waals surface area (Å²) in [5.41, 5.74) is 0.994. The molecule has 132 valence electrons. The standard InChI is InChI=1S/C21H20N2OS2/c1-4-10-23(11-5-1)14-17-12-15-8-9-16(13-20(15)25-17)24-21-22-18-6-2-3-7-19(18)26-21/h2-3,6-9,12-13H,1,4-5,10-11,14H2. The minimum atomic E-state index is 0.704. The number of benzene rings is 2. The van der Waals surface area contributed by atoms with Crippen molar-refractivity contribution in [1.29, 1.82) is 0 Å². The van der Waals surface area contributed by atoms with Crippen LogP contribution in [0.15, 0.2) is 48.5 Å². The van der Waals surface area contributed by atoms with Gasteiger partial charge in [-0.25, -0.2) is 4.98 Å². The third kappa shape index (κ3) is 3.34. The van der Waals surface area contributed by atoms with Crippen molar-refractivity contribution in [3.63, 3.8) is 0 Å². The summed E-state index contributed by atoms with van der Waals surface area (Å²) in [6.07, 6.45) is 4.06. The van der Waals surface area contributed by atoms with Crippen molar-refractivity contribution in [3.05, 3.63) is 53.4 Å². The van der Waals surface area contributed by atoms with Crippen LogP contribution in [0.4, 0.5) is 0 Å². The van der Waals surface area contributed by atoms with Crippen LogP contribution < -0.4 is 4.74 Å². The summed E-state index contributed by atoms with van der Waals surface area (Å²) in [6, 6.07) is 16.8. The quantitative estimate of drug-likeness (QED) is 0.416. The first-order valence-electron chi connectivity index (χ1n) is 9.12. The van der Waals surface area contributed by atoms with Gasteiger partial charge in [0.2, 0.25) is 0 Å². The van der Waals surface area contributed by atoms with Gasteiger partial charge in [-0.05, 0) is 67.7 Å². The smallest absolute Gasteiger partial charge is 0.279 e. The molecule has 2 aromatic heterocycles. The van der Waals surface area contributed by atoms with Crippen LogP contribution in [0.2, 0.25) is 0 Å². The second kappa shape index (κ2) is 6.99. The summed E-state index contributed by atoms with van der Waals surface area (Å²) in [5, 5.41) is 2.01. The molecule has 3 nitrogen and oxygen atoms in total. The first kappa shape index (κ1) is 16.2. The maximum absolute atomic E-state index is 6.03. The second-order valence-electron chi connectivity index (χ2n) is 6.80. The van der Waals surface area contributed by atoms with Crippen molar-refractivity contribution in [1.82, 2.24) is 9.88 Å². The number of nitrogens with zero attached hydrogens (tertiary/aromatic N) is 2. The summed E-state index contributed by atoms with van der Waals surface area (Å²) in [6.45, 7) is 3.55. The van der Waals surface area contributed by atoms with E-state index in [0.29, 0.717) is 5.19 Å². The molecule has 1 fully saturated rings. The van der Waals surface area contributed by atoms with Crippen LogP contribution in [0.3, 0.4) is 0 Å². The highest BCUT2D eigenvalue weighted by atomic mass is 32.1. The molecule has 1 aliphatic heterocycles. The fraction of sp³-hybridized carbons (Fsp3) is 0.286. The Morgan fingerprint density at radius 3 is 2.69 bits per heavy atom. The van der Waals surface area contributed by atoms with E-state index in [-0.39, 0.29) is 0 Å². The van der Waals surface area contributed by atoms with Gasteiger partial charge < -0.3 is 4.74 Å². The zero-order valence-corrected chi connectivity index (χ0v) is 16.1. The summed E-state index contributed by atoms with van der Waals surface area (Å²) < 4.78 is 8.48. The van der Waals surface area contributed by atoms with Crippen LogP contribution in [0, 0.1) is 0 Å². The Labute approximate surface area is 160 Å². The number of aromatic nitrogens is 1. The van der Waals surface area contributed by atoms with Gasteiger partial charge in [0.05, 0.1) is 10.2 Å². The number of rotatable bonds is 4. The monoisotopic (exact) mass is 380 g/mol. The molecule has 0 saturated carbocycles. The minimum absolute atomic E-state index is 0.704. The Hall–Kier alpha value is -1.95. The molecule has 0 bridgehead atoms. The van der Waals surface area contributed by atoms with E-state index in [0.717, 1.165) is 22.5 Å². The largest absolute Gasteiger partial charge is 0.431 e. The Bertz CT molecular complexity index is 1010. The number of thiazole rings is 1. The molecule has 0 radical (unpaired) electrons. The van der Waals surface area contributed by atoms with Crippen LogP contribution in [0.5, 0.6) is 10.9 Å². The molecule has 0 aliphatic carbocycles. The molecule has 0 N–H and O–H groups in total. The van der Waals surface area contributed by atoms with Gasteiger partial charge in [-0.1, -0.05) is 29.9 Å². The topological polar surface area (TPSA) is 25.4 Å². The molecule has 26 heavy (non-hydrogen) atoms. The zero-order valence-electron chi connectivity index (χ0n) is 14.5. The van der Waals surface area contributed by atoms with Gasteiger partial charge in [-0.15, -0.1) is 11.3 Å². The Balaban J connectivity index is 1.36. The van der Waals surface area contributed by atoms with E-state index in [2.05, 4.69) is 34.1 Å². The summed E-state index contributed by atoms with van der Waals surface area (Å²) in [5.74, 6) is 0.864. The van der Waals surface area contributed by atoms with Crippen molar-refractivity contribution in [2.24, 2.45) is 0 Å². The van der Waals surface area contributed by atoms with Crippen LogP contribution >= 0.6 is 22.7 Å². The van der Waals surface area contributed by atoms with Crippen LogP contribution in [-0.2, 0) is 6.54 Å². The number of piperidine rings is 1. The SMILES string of the molecule is c1ccc2sc(Oc3ccc4cc(CN5CCCCC5)sc4c3)nc2c1. The van der Waals surface area contributed by atoms with Crippen molar-refractivity contribution in [2.45, 2.75) is 25.8 Å². The highest BCUT2D eigenvalue weighted by molar-refractivity contribution is 7.20. The molecule has 4 aromatic rings. The molecule has 0 unspecified atom stereocenters. The van der Waals surface area contributed by atoms with Gasteiger partial charge in [0.25, 0.3) is 5.19 Å². The van der Waals surface area contributed by atoms with Gasteiger partial charge in [-0.2, -0.15) is 0 Å². The predicted molar refractivity (Wildman–Crippen MR) is 111 cm³/mol. The molecular weight excluding hydrogens is 360 g/mol. The van der Waals surface area contributed by atoms with Crippen LogP contribution in [-0.4, -0.2) is 23.0 Å². The summed E-state index contributed by atoms with van der Waals surface area (Å²) >= 11 is 3.47. The van der Waals surface area contributed by atoms with Crippen molar-refractivity contribution in [2.75, 3.05) is 13.1 Å². The molecule has 5 rings (SSSR count). The average Bonchev–Trinajstić information content (AvgIpc) is 3.24. The Kier molecular flexibility index (Phi) is 4.36. The molecule has 3 heterocycles. The van der Waals surface area contributed by atoms with E-state index in [1.54, 1.807) is 11.3 Å². The minimum Gasteiger partial charge on any atom is -0.431 e. The van der Waals surface area contributed by atoms with Gasteiger partial charge in [0.15, 0.2) is 0 Å². The molecule has 5 heteroatoms. The number of fused-ring (bicyclic) bond motifs is 2.